The molecule has 1 aliphatic heterocycles. The van der Waals surface area contributed by atoms with E-state index >= 15 is 0 Å². The molecule has 126 valence electrons. The first-order valence-corrected chi connectivity index (χ1v) is 6.87. The molecule has 0 spiro atoms. The van der Waals surface area contributed by atoms with Crippen molar-refractivity contribution in [1.82, 2.24) is 5.16 Å². The molecular weight excluding hydrogens is 322 g/mol. The fourth-order valence-corrected chi connectivity index (χ4v) is 2.34. The maximum atomic E-state index is 12.1. The van der Waals surface area contributed by atoms with E-state index in [-0.39, 0.29) is 37.1 Å². The summed E-state index contributed by atoms with van der Waals surface area (Å²) in [6.45, 7) is 1.51. The van der Waals surface area contributed by atoms with Crippen LogP contribution in [0.25, 0.3) is 0 Å². The van der Waals surface area contributed by atoms with E-state index < -0.39 is 10.9 Å². The molecule has 0 atom stereocenters. The van der Waals surface area contributed by atoms with Crippen LogP contribution in [0.15, 0.2) is 16.7 Å². The number of ether oxygens (including phenoxy) is 3. The van der Waals surface area contributed by atoms with Gasteiger partial charge in [0.25, 0.3) is 5.69 Å². The summed E-state index contributed by atoms with van der Waals surface area (Å²) in [5.74, 6) is -0.476. The fraction of sp³-hybridized carbons (Fsp3) is 0.286. The van der Waals surface area contributed by atoms with Gasteiger partial charge in [-0.05, 0) is 6.92 Å². The van der Waals surface area contributed by atoms with Crippen molar-refractivity contribution in [3.63, 3.8) is 0 Å². The maximum absolute atomic E-state index is 12.1. The smallest absolute Gasteiger partial charge is 0.346 e. The number of carbonyl (C=O) groups excluding carboxylic acids is 1. The van der Waals surface area contributed by atoms with Crippen molar-refractivity contribution in [3.05, 3.63) is 44.6 Å². The molecule has 10 heteroatoms. The molecule has 2 aromatic rings. The number of nitrogens with two attached hydrogens (primary N) is 1. The van der Waals surface area contributed by atoms with E-state index in [1.807, 2.05) is 0 Å². The lowest BCUT2D eigenvalue weighted by Crippen LogP contribution is -2.15. The lowest BCUT2D eigenvalue weighted by atomic mass is 10.1. The second-order valence-electron chi connectivity index (χ2n) is 5.04. The highest BCUT2D eigenvalue weighted by atomic mass is 16.7. The third kappa shape index (κ3) is 2.86. The van der Waals surface area contributed by atoms with Crippen molar-refractivity contribution >= 4 is 17.5 Å². The molecule has 2 N–H and O–H groups in total. The van der Waals surface area contributed by atoms with E-state index in [9.17, 15) is 14.9 Å². The number of rotatable bonds is 4. The van der Waals surface area contributed by atoms with Crippen molar-refractivity contribution in [1.29, 1.82) is 0 Å². The standard InChI is InChI=1S/C14H13N3O7/c1-7-11(13(15)24-16-7)14(18)22-5-9-3-10(17(19)20)2-8-4-21-6-23-12(8)9/h2-3H,4-6,15H2,1H3. The molecule has 1 aromatic carbocycles. The zero-order valence-corrected chi connectivity index (χ0v) is 12.6. The number of esters is 1. The highest BCUT2D eigenvalue weighted by molar-refractivity contribution is 5.94. The summed E-state index contributed by atoms with van der Waals surface area (Å²) in [5.41, 5.74) is 6.58. The fourth-order valence-electron chi connectivity index (χ4n) is 2.34. The predicted molar refractivity (Wildman–Crippen MR) is 78.2 cm³/mol. The number of nitrogens with zero attached hydrogens (tertiary/aromatic N) is 2. The Kier molecular flexibility index (Phi) is 4.04. The van der Waals surface area contributed by atoms with Crippen LogP contribution in [0.4, 0.5) is 11.6 Å². The van der Waals surface area contributed by atoms with Crippen LogP contribution in [0, 0.1) is 17.0 Å². The maximum Gasteiger partial charge on any atom is 0.346 e. The Morgan fingerprint density at radius 1 is 1.50 bits per heavy atom. The van der Waals surface area contributed by atoms with E-state index in [0.717, 1.165) is 0 Å². The summed E-state index contributed by atoms with van der Waals surface area (Å²) in [7, 11) is 0. The Bertz CT molecular complexity index is 795. The Balaban J connectivity index is 1.85. The highest BCUT2D eigenvalue weighted by Crippen LogP contribution is 2.33. The Morgan fingerprint density at radius 3 is 2.96 bits per heavy atom. The molecular formula is C14H13N3O7. The number of anilines is 1. The third-order valence-corrected chi connectivity index (χ3v) is 3.43. The molecule has 2 heterocycles. The van der Waals surface area contributed by atoms with Crippen LogP contribution in [-0.2, 0) is 22.7 Å². The number of nitro groups is 1. The van der Waals surface area contributed by atoms with Gasteiger partial charge >= 0.3 is 5.97 Å². The van der Waals surface area contributed by atoms with Crippen molar-refractivity contribution in [2.24, 2.45) is 0 Å². The number of hydrogen-bond donors (Lipinski definition) is 1. The number of aryl methyl sites for hydroxylation is 1. The number of hydrogen-bond acceptors (Lipinski definition) is 9. The van der Waals surface area contributed by atoms with Crippen LogP contribution < -0.4 is 10.5 Å². The van der Waals surface area contributed by atoms with E-state index in [4.69, 9.17) is 24.5 Å². The van der Waals surface area contributed by atoms with Crippen LogP contribution in [0.3, 0.4) is 0 Å². The normalized spacial score (nSPS) is 13.0. The van der Waals surface area contributed by atoms with Gasteiger partial charge in [0, 0.05) is 23.3 Å². The largest absolute Gasteiger partial charge is 0.467 e. The summed E-state index contributed by atoms with van der Waals surface area (Å²) in [6, 6.07) is 2.66. The summed E-state index contributed by atoms with van der Waals surface area (Å²) in [5, 5.41) is 14.6. The summed E-state index contributed by atoms with van der Waals surface area (Å²) in [6.07, 6.45) is 0. The molecule has 0 unspecified atom stereocenters. The van der Waals surface area contributed by atoms with Crippen LogP contribution in [-0.4, -0.2) is 22.8 Å². The molecule has 0 bridgehead atoms. The molecule has 0 aliphatic carbocycles. The monoisotopic (exact) mass is 335 g/mol. The molecule has 0 amide bonds. The first kappa shape index (κ1) is 15.7. The number of non-ortho nitro benzene ring substituents is 1. The van der Waals surface area contributed by atoms with Gasteiger partial charge in [0.15, 0.2) is 6.79 Å². The molecule has 3 rings (SSSR count). The average Bonchev–Trinajstić information content (AvgIpc) is 2.90. The van der Waals surface area contributed by atoms with Gasteiger partial charge in [-0.3, -0.25) is 10.1 Å². The van der Waals surface area contributed by atoms with Gasteiger partial charge < -0.3 is 24.5 Å². The van der Waals surface area contributed by atoms with E-state index in [1.165, 1.54) is 12.1 Å². The second-order valence-corrected chi connectivity index (χ2v) is 5.04. The summed E-state index contributed by atoms with van der Waals surface area (Å²) < 4.78 is 20.4. The first-order chi connectivity index (χ1) is 11.5. The van der Waals surface area contributed by atoms with Gasteiger partial charge in [-0.2, -0.15) is 0 Å². The third-order valence-electron chi connectivity index (χ3n) is 3.43. The summed E-state index contributed by atoms with van der Waals surface area (Å²) >= 11 is 0. The molecule has 0 fully saturated rings. The van der Waals surface area contributed by atoms with Crippen molar-refractivity contribution in [2.75, 3.05) is 12.5 Å². The van der Waals surface area contributed by atoms with Gasteiger partial charge in [-0.25, -0.2) is 4.79 Å². The number of nitrogen functional groups attached to an aromatic ring is 1. The topological polar surface area (TPSA) is 140 Å². The van der Waals surface area contributed by atoms with Gasteiger partial charge in [-0.1, -0.05) is 5.16 Å². The number of fused-ring (bicyclic) bond motifs is 1. The van der Waals surface area contributed by atoms with Crippen LogP contribution in [0.1, 0.15) is 27.2 Å². The number of aromatic nitrogens is 1. The minimum absolute atomic E-state index is 0.0173. The Labute approximate surface area is 135 Å². The molecule has 1 aliphatic rings. The van der Waals surface area contributed by atoms with Gasteiger partial charge in [0.2, 0.25) is 5.88 Å². The van der Waals surface area contributed by atoms with Crippen LogP contribution >= 0.6 is 0 Å². The predicted octanol–water partition coefficient (Wildman–Crippen LogP) is 1.70. The zero-order chi connectivity index (χ0) is 17.3. The highest BCUT2D eigenvalue weighted by Gasteiger charge is 2.24. The molecule has 0 radical (unpaired) electrons. The minimum Gasteiger partial charge on any atom is -0.467 e. The first-order valence-electron chi connectivity index (χ1n) is 6.87. The van der Waals surface area contributed by atoms with Crippen molar-refractivity contribution in [2.45, 2.75) is 20.1 Å². The summed E-state index contributed by atoms with van der Waals surface area (Å²) in [4.78, 5) is 22.6. The number of nitro benzene ring substituents is 1. The van der Waals surface area contributed by atoms with Gasteiger partial charge in [0.05, 0.1) is 17.2 Å². The molecule has 0 saturated carbocycles. The number of carbonyl (C=O) groups is 1. The van der Waals surface area contributed by atoms with Gasteiger partial charge in [0.1, 0.15) is 17.9 Å². The Hall–Kier alpha value is -3.14. The SMILES string of the molecule is Cc1noc(N)c1C(=O)OCc1cc([N+](=O)[O-])cc2c1OCOC2. The van der Waals surface area contributed by atoms with Crippen molar-refractivity contribution in [3.8, 4) is 5.75 Å². The molecule has 0 saturated heterocycles. The second kappa shape index (κ2) is 6.16. The van der Waals surface area contributed by atoms with E-state index in [2.05, 4.69) is 5.16 Å². The molecule has 1 aromatic heterocycles. The van der Waals surface area contributed by atoms with E-state index in [0.29, 0.717) is 22.6 Å². The van der Waals surface area contributed by atoms with Crippen LogP contribution in [0.2, 0.25) is 0 Å². The molecule has 10 nitrogen and oxygen atoms in total. The number of benzene rings is 1. The minimum atomic E-state index is -0.737. The average molecular weight is 335 g/mol. The van der Waals surface area contributed by atoms with Gasteiger partial charge in [-0.15, -0.1) is 0 Å². The Morgan fingerprint density at radius 2 is 2.29 bits per heavy atom. The molecule has 24 heavy (non-hydrogen) atoms. The van der Waals surface area contributed by atoms with Crippen LogP contribution in [0.5, 0.6) is 5.75 Å². The zero-order valence-electron chi connectivity index (χ0n) is 12.6. The van der Waals surface area contributed by atoms with Crippen molar-refractivity contribution < 1.29 is 28.5 Å². The lowest BCUT2D eigenvalue weighted by molar-refractivity contribution is -0.385. The lowest BCUT2D eigenvalue weighted by Gasteiger charge is -2.20. The van der Waals surface area contributed by atoms with E-state index in [1.54, 1.807) is 6.92 Å². The quantitative estimate of drug-likeness (QED) is 0.502.